The molecule has 0 saturated carbocycles. The molecule has 0 spiro atoms. The normalized spacial score (nSPS) is 13.3. The van der Waals surface area contributed by atoms with Crippen molar-refractivity contribution in [3.05, 3.63) is 29.3 Å². The quantitative estimate of drug-likeness (QED) is 0.810. The molecular weight excluding hydrogens is 270 g/mol. The summed E-state index contributed by atoms with van der Waals surface area (Å²) in [7, 11) is 0. The van der Waals surface area contributed by atoms with Crippen molar-refractivity contribution in [3.63, 3.8) is 0 Å². The van der Waals surface area contributed by atoms with Gasteiger partial charge in [-0.1, -0.05) is 13.3 Å². The molecule has 0 aromatic heterocycles. The molecule has 1 aromatic rings. The summed E-state index contributed by atoms with van der Waals surface area (Å²) in [6.07, 6.45) is 1.30. The van der Waals surface area contributed by atoms with E-state index in [0.29, 0.717) is 11.3 Å². The topological polar surface area (TPSA) is 75.6 Å². The summed E-state index contributed by atoms with van der Waals surface area (Å²) in [6.45, 7) is 7.40. The molecule has 21 heavy (non-hydrogen) atoms. The zero-order chi connectivity index (χ0) is 16.0. The first-order valence-corrected chi connectivity index (χ1v) is 7.16. The summed E-state index contributed by atoms with van der Waals surface area (Å²) in [5, 5.41) is 11.9. The Balaban J connectivity index is 2.66. The van der Waals surface area contributed by atoms with Crippen LogP contribution in [-0.4, -0.2) is 29.1 Å². The lowest BCUT2D eigenvalue weighted by Gasteiger charge is -2.18. The van der Waals surface area contributed by atoms with Crippen LogP contribution in [-0.2, 0) is 4.79 Å². The molecule has 0 heterocycles. The molecular formula is C16H23NO4. The maximum atomic E-state index is 12.0. The van der Waals surface area contributed by atoms with Crippen molar-refractivity contribution in [1.29, 1.82) is 0 Å². The zero-order valence-corrected chi connectivity index (χ0v) is 13.0. The van der Waals surface area contributed by atoms with E-state index in [1.807, 2.05) is 6.92 Å². The molecule has 0 saturated heterocycles. The van der Waals surface area contributed by atoms with Gasteiger partial charge in [-0.05, 0) is 51.0 Å². The monoisotopic (exact) mass is 293 g/mol. The molecule has 1 rings (SSSR count). The Labute approximate surface area is 125 Å². The molecule has 2 unspecified atom stereocenters. The van der Waals surface area contributed by atoms with Crippen molar-refractivity contribution in [2.45, 2.75) is 52.7 Å². The molecule has 0 aliphatic heterocycles. The molecule has 0 aliphatic rings. The van der Waals surface area contributed by atoms with E-state index < -0.39 is 12.1 Å². The molecule has 0 radical (unpaired) electrons. The summed E-state index contributed by atoms with van der Waals surface area (Å²) in [5.41, 5.74) is 0.836. The minimum absolute atomic E-state index is 0.115. The van der Waals surface area contributed by atoms with Gasteiger partial charge in [0.25, 0.3) is 5.91 Å². The van der Waals surface area contributed by atoms with E-state index in [1.165, 1.54) is 6.07 Å². The fourth-order valence-electron chi connectivity index (χ4n) is 2.07. The second kappa shape index (κ2) is 7.67. The first kappa shape index (κ1) is 17.0. The Morgan fingerprint density at radius 1 is 1.33 bits per heavy atom. The maximum Gasteiger partial charge on any atom is 0.335 e. The number of carboxylic acids is 1. The highest BCUT2D eigenvalue weighted by Gasteiger charge is 2.17. The minimum Gasteiger partial charge on any atom is -0.481 e. The van der Waals surface area contributed by atoms with Crippen molar-refractivity contribution in [1.82, 2.24) is 5.32 Å². The van der Waals surface area contributed by atoms with Crippen molar-refractivity contribution < 1.29 is 19.4 Å². The number of ether oxygens (including phenoxy) is 1. The number of amides is 1. The number of carbonyl (C=O) groups is 2. The third-order valence-corrected chi connectivity index (χ3v) is 3.22. The van der Waals surface area contributed by atoms with Gasteiger partial charge in [0.15, 0.2) is 6.10 Å². The van der Waals surface area contributed by atoms with Crippen LogP contribution in [0.3, 0.4) is 0 Å². The number of carbonyl (C=O) groups excluding carboxylic acids is 1. The van der Waals surface area contributed by atoms with Gasteiger partial charge in [0.2, 0.25) is 0 Å². The van der Waals surface area contributed by atoms with E-state index in [1.54, 1.807) is 26.0 Å². The molecule has 5 heteroatoms. The largest absolute Gasteiger partial charge is 0.481 e. The fraction of sp³-hybridized carbons (Fsp3) is 0.500. The van der Waals surface area contributed by atoms with Crippen LogP contribution in [0.15, 0.2) is 18.2 Å². The number of aryl methyl sites for hydroxylation is 1. The van der Waals surface area contributed by atoms with Crippen LogP contribution in [0.4, 0.5) is 0 Å². The van der Waals surface area contributed by atoms with E-state index >= 15 is 0 Å². The molecule has 1 aromatic carbocycles. The Kier molecular flexibility index (Phi) is 6.21. The SMILES string of the molecule is CCCC(C)NC(=O)C(C)Oc1ccc(C(=O)O)c(C)c1. The Morgan fingerprint density at radius 3 is 2.52 bits per heavy atom. The van der Waals surface area contributed by atoms with Gasteiger partial charge < -0.3 is 15.2 Å². The summed E-state index contributed by atoms with van der Waals surface area (Å²) >= 11 is 0. The molecule has 2 N–H and O–H groups in total. The highest BCUT2D eigenvalue weighted by atomic mass is 16.5. The first-order chi connectivity index (χ1) is 9.85. The van der Waals surface area contributed by atoms with E-state index in [2.05, 4.69) is 12.2 Å². The summed E-state index contributed by atoms with van der Waals surface area (Å²) in [5.74, 6) is -0.655. The zero-order valence-electron chi connectivity index (χ0n) is 13.0. The molecule has 0 bridgehead atoms. The molecule has 0 aliphatic carbocycles. The number of benzene rings is 1. The average Bonchev–Trinajstić information content (AvgIpc) is 2.38. The molecule has 5 nitrogen and oxygen atoms in total. The van der Waals surface area contributed by atoms with E-state index in [-0.39, 0.29) is 17.5 Å². The van der Waals surface area contributed by atoms with Crippen molar-refractivity contribution >= 4 is 11.9 Å². The van der Waals surface area contributed by atoms with E-state index in [4.69, 9.17) is 9.84 Å². The summed E-state index contributed by atoms with van der Waals surface area (Å²) < 4.78 is 5.57. The predicted molar refractivity (Wildman–Crippen MR) is 80.7 cm³/mol. The van der Waals surface area contributed by atoms with Gasteiger partial charge in [-0.2, -0.15) is 0 Å². The van der Waals surface area contributed by atoms with Gasteiger partial charge in [0.05, 0.1) is 5.56 Å². The number of nitrogens with one attached hydrogen (secondary N) is 1. The third kappa shape index (κ3) is 5.10. The van der Waals surface area contributed by atoms with Crippen LogP contribution >= 0.6 is 0 Å². The lowest BCUT2D eigenvalue weighted by molar-refractivity contribution is -0.127. The predicted octanol–water partition coefficient (Wildman–Crippen LogP) is 2.77. The highest BCUT2D eigenvalue weighted by Crippen LogP contribution is 2.18. The Hall–Kier alpha value is -2.04. The van der Waals surface area contributed by atoms with Crippen molar-refractivity contribution in [3.8, 4) is 5.75 Å². The van der Waals surface area contributed by atoms with E-state index in [0.717, 1.165) is 12.8 Å². The van der Waals surface area contributed by atoms with Gasteiger partial charge >= 0.3 is 5.97 Å². The molecule has 1 amide bonds. The molecule has 0 fully saturated rings. The second-order valence-electron chi connectivity index (χ2n) is 5.24. The number of hydrogen-bond acceptors (Lipinski definition) is 3. The van der Waals surface area contributed by atoms with Crippen LogP contribution < -0.4 is 10.1 Å². The standard InChI is InChI=1S/C16H23NO4/c1-5-6-11(3)17-15(18)12(4)21-13-7-8-14(16(19)20)10(2)9-13/h7-9,11-12H,5-6H2,1-4H3,(H,17,18)(H,19,20). The number of carboxylic acid groups (broad SMARTS) is 1. The summed E-state index contributed by atoms with van der Waals surface area (Å²) in [4.78, 5) is 22.9. The lowest BCUT2D eigenvalue weighted by Crippen LogP contribution is -2.41. The van der Waals surface area contributed by atoms with E-state index in [9.17, 15) is 9.59 Å². The molecule has 116 valence electrons. The van der Waals surface area contributed by atoms with Gasteiger partial charge in [0, 0.05) is 6.04 Å². The lowest BCUT2D eigenvalue weighted by atomic mass is 10.1. The van der Waals surface area contributed by atoms with Crippen LogP contribution in [0.5, 0.6) is 5.75 Å². The van der Waals surface area contributed by atoms with Gasteiger partial charge in [-0.15, -0.1) is 0 Å². The third-order valence-electron chi connectivity index (χ3n) is 3.22. The smallest absolute Gasteiger partial charge is 0.335 e. The van der Waals surface area contributed by atoms with Gasteiger partial charge in [-0.3, -0.25) is 4.79 Å². The fourth-order valence-corrected chi connectivity index (χ4v) is 2.07. The maximum absolute atomic E-state index is 12.0. The minimum atomic E-state index is -0.974. The van der Waals surface area contributed by atoms with Crippen LogP contribution in [0, 0.1) is 6.92 Å². The summed E-state index contributed by atoms with van der Waals surface area (Å²) in [6, 6.07) is 4.79. The number of aromatic carboxylic acids is 1. The average molecular weight is 293 g/mol. The van der Waals surface area contributed by atoms with Crippen LogP contribution in [0.2, 0.25) is 0 Å². The first-order valence-electron chi connectivity index (χ1n) is 7.16. The second-order valence-corrected chi connectivity index (χ2v) is 5.24. The van der Waals surface area contributed by atoms with Gasteiger partial charge in [-0.25, -0.2) is 4.79 Å². The Morgan fingerprint density at radius 2 is 2.00 bits per heavy atom. The highest BCUT2D eigenvalue weighted by molar-refractivity contribution is 5.89. The van der Waals surface area contributed by atoms with Crippen molar-refractivity contribution in [2.24, 2.45) is 0 Å². The van der Waals surface area contributed by atoms with Gasteiger partial charge in [0.1, 0.15) is 5.75 Å². The van der Waals surface area contributed by atoms with Crippen molar-refractivity contribution in [2.75, 3.05) is 0 Å². The number of hydrogen-bond donors (Lipinski definition) is 2. The van der Waals surface area contributed by atoms with Crippen LogP contribution in [0.1, 0.15) is 49.5 Å². The Bertz CT molecular complexity index is 513. The van der Waals surface area contributed by atoms with Crippen LogP contribution in [0.25, 0.3) is 0 Å². The molecule has 2 atom stereocenters. The number of rotatable bonds is 7.